The van der Waals surface area contributed by atoms with E-state index in [1.165, 1.54) is 23.4 Å². The van der Waals surface area contributed by atoms with Gasteiger partial charge in [-0.15, -0.1) is 0 Å². The second-order valence-corrected chi connectivity index (χ2v) is 11.6. The molecule has 1 aromatic carbocycles. The number of imidazole rings is 1. The minimum absolute atomic E-state index is 0.0541. The van der Waals surface area contributed by atoms with Crippen LogP contribution in [0.2, 0.25) is 10.0 Å². The largest absolute Gasteiger partial charge is 0.434 e. The summed E-state index contributed by atoms with van der Waals surface area (Å²) in [4.78, 5) is 11.6. The molecule has 0 spiro atoms. The molecule has 2 N–H and O–H groups in total. The van der Waals surface area contributed by atoms with Crippen molar-refractivity contribution in [3.8, 4) is 0 Å². The number of nitrogens with zero attached hydrogens (tertiary/aromatic N) is 5. The smallest absolute Gasteiger partial charge is 0.358 e. The molecule has 5 heterocycles. The van der Waals surface area contributed by atoms with Gasteiger partial charge in [-0.3, -0.25) is 4.90 Å². The average Bonchev–Trinajstić information content (AvgIpc) is 3.49. The van der Waals surface area contributed by atoms with Crippen molar-refractivity contribution >= 4 is 39.9 Å². The second kappa shape index (κ2) is 10.9. The number of anilines is 1. The Balaban J connectivity index is 1.24. The minimum Gasteiger partial charge on any atom is -0.358 e. The fourth-order valence-electron chi connectivity index (χ4n) is 5.73. The van der Waals surface area contributed by atoms with Gasteiger partial charge in [0.2, 0.25) is 6.33 Å². The van der Waals surface area contributed by atoms with E-state index in [2.05, 4.69) is 48.0 Å². The lowest BCUT2D eigenvalue weighted by Gasteiger charge is -2.36. The van der Waals surface area contributed by atoms with Crippen LogP contribution < -0.4 is 14.8 Å². The zero-order valence-electron chi connectivity index (χ0n) is 22.1. The molecule has 1 saturated heterocycles. The highest BCUT2D eigenvalue weighted by Crippen LogP contribution is 2.37. The lowest BCUT2D eigenvalue weighted by atomic mass is 9.97. The Morgan fingerprint density at radius 1 is 1.18 bits per heavy atom. The average molecular weight is 594 g/mol. The maximum atomic E-state index is 13.4. The van der Waals surface area contributed by atoms with Crippen molar-refractivity contribution in [2.24, 2.45) is 5.92 Å². The van der Waals surface area contributed by atoms with Gasteiger partial charge < -0.3 is 15.2 Å². The summed E-state index contributed by atoms with van der Waals surface area (Å²) < 4.78 is 44.6. The van der Waals surface area contributed by atoms with Gasteiger partial charge in [0.15, 0.2) is 5.69 Å². The molecule has 4 aromatic rings. The molecule has 1 fully saturated rings. The van der Waals surface area contributed by atoms with E-state index < -0.39 is 16.9 Å². The van der Waals surface area contributed by atoms with Crippen molar-refractivity contribution in [3.63, 3.8) is 0 Å². The van der Waals surface area contributed by atoms with Crippen LogP contribution in [0.5, 0.6) is 0 Å². The Bertz CT molecular complexity index is 1510. The van der Waals surface area contributed by atoms with Crippen molar-refractivity contribution in [2.45, 2.75) is 31.7 Å². The highest BCUT2D eigenvalue weighted by atomic mass is 35.5. The van der Waals surface area contributed by atoms with Gasteiger partial charge in [0, 0.05) is 67.3 Å². The Morgan fingerprint density at radius 2 is 2.00 bits per heavy atom. The maximum absolute atomic E-state index is 13.4. The maximum Gasteiger partial charge on any atom is 0.434 e. The number of alkyl halides is 3. The highest BCUT2D eigenvalue weighted by molar-refractivity contribution is 6.31. The van der Waals surface area contributed by atoms with E-state index in [0.717, 1.165) is 50.0 Å². The number of aromatic amines is 1. The summed E-state index contributed by atoms with van der Waals surface area (Å²) in [5.41, 5.74) is 2.44. The van der Waals surface area contributed by atoms with E-state index in [1.54, 1.807) is 11.9 Å². The van der Waals surface area contributed by atoms with Gasteiger partial charge >= 0.3 is 6.18 Å². The van der Waals surface area contributed by atoms with Crippen LogP contribution in [0.15, 0.2) is 49.1 Å². The van der Waals surface area contributed by atoms with Crippen molar-refractivity contribution in [1.29, 1.82) is 0 Å². The van der Waals surface area contributed by atoms with Crippen LogP contribution >= 0.6 is 23.2 Å². The summed E-state index contributed by atoms with van der Waals surface area (Å²) in [6.07, 6.45) is 2.64. The van der Waals surface area contributed by atoms with E-state index in [-0.39, 0.29) is 11.9 Å². The topological polar surface area (TPSA) is 56.0 Å². The zero-order valence-corrected chi connectivity index (χ0v) is 23.6. The molecule has 2 aliphatic heterocycles. The fourth-order valence-corrected chi connectivity index (χ4v) is 6.11. The van der Waals surface area contributed by atoms with Crippen LogP contribution in [0, 0.1) is 5.92 Å². The standard InChI is InChI=1S/C28H31Cl2F3N7/c1-37(25-5-3-22(30)27(36-25)28(31,32)33)8-11-40-7-6-20-21-12-19(29)2-4-23(21)35-26(20)24(40)16-39-10-9-38(17-39)15-18-13-34-14-18/h2-5,9-10,12,17-18,24,34-35H,6-8,11,13-16H2,1H3/q+1. The van der Waals surface area contributed by atoms with Crippen LogP contribution in [0.25, 0.3) is 10.9 Å². The molecule has 3 aromatic heterocycles. The summed E-state index contributed by atoms with van der Waals surface area (Å²) in [5, 5.41) is 4.78. The molecule has 2 aliphatic rings. The Hall–Kier alpha value is -2.79. The number of nitrogens with one attached hydrogen (secondary N) is 2. The fraction of sp³-hybridized carbons (Fsp3) is 0.429. The first-order chi connectivity index (χ1) is 19.2. The molecule has 0 saturated carbocycles. The molecule has 0 amide bonds. The van der Waals surface area contributed by atoms with E-state index in [0.29, 0.717) is 24.0 Å². The molecule has 1 unspecified atom stereocenters. The Morgan fingerprint density at radius 3 is 2.75 bits per heavy atom. The van der Waals surface area contributed by atoms with Gasteiger partial charge in [-0.2, -0.15) is 13.2 Å². The normalized spacial score (nSPS) is 18.2. The molecule has 212 valence electrons. The third-order valence-corrected chi connectivity index (χ3v) is 8.54. The second-order valence-electron chi connectivity index (χ2n) is 10.8. The Kier molecular flexibility index (Phi) is 7.45. The molecular weight excluding hydrogens is 562 g/mol. The molecule has 1 atom stereocenters. The van der Waals surface area contributed by atoms with Gasteiger partial charge in [0.1, 0.15) is 24.8 Å². The molecule has 0 radical (unpaired) electrons. The number of halogens is 5. The third-order valence-electron chi connectivity index (χ3n) is 8.00. The number of benzene rings is 1. The molecular formula is C28H31Cl2F3N7+. The summed E-state index contributed by atoms with van der Waals surface area (Å²) in [7, 11) is 1.76. The third kappa shape index (κ3) is 5.54. The number of fused-ring (bicyclic) bond motifs is 3. The van der Waals surface area contributed by atoms with Crippen molar-refractivity contribution in [2.75, 3.05) is 44.7 Å². The van der Waals surface area contributed by atoms with Gasteiger partial charge in [-0.25, -0.2) is 14.1 Å². The SMILES string of the molecule is CN(CCN1CCc2c([nH]c3ccc(Cl)cc23)C1Cn1cc[n+](CC2CNC2)c1)c1ccc(Cl)c(C(F)(F)F)n1. The summed E-state index contributed by atoms with van der Waals surface area (Å²) in [5.74, 6) is 0.898. The highest BCUT2D eigenvalue weighted by Gasteiger charge is 2.36. The first-order valence-corrected chi connectivity index (χ1v) is 14.2. The zero-order chi connectivity index (χ0) is 28.0. The van der Waals surface area contributed by atoms with Gasteiger partial charge in [0.25, 0.3) is 0 Å². The quantitative estimate of drug-likeness (QED) is 0.285. The Labute approximate surface area is 240 Å². The lowest BCUT2D eigenvalue weighted by molar-refractivity contribution is -0.703. The molecule has 0 aliphatic carbocycles. The molecule has 6 rings (SSSR count). The van der Waals surface area contributed by atoms with E-state index >= 15 is 0 Å². The molecule has 7 nitrogen and oxygen atoms in total. The summed E-state index contributed by atoms with van der Waals surface area (Å²) in [6.45, 7) is 5.81. The monoisotopic (exact) mass is 592 g/mol. The number of pyridine rings is 1. The van der Waals surface area contributed by atoms with E-state index in [4.69, 9.17) is 23.2 Å². The van der Waals surface area contributed by atoms with Crippen molar-refractivity contribution in [1.82, 2.24) is 24.8 Å². The summed E-state index contributed by atoms with van der Waals surface area (Å²) >= 11 is 12.1. The van der Waals surface area contributed by atoms with Crippen LogP contribution in [0.1, 0.15) is 23.0 Å². The van der Waals surface area contributed by atoms with Crippen molar-refractivity contribution < 1.29 is 17.7 Å². The van der Waals surface area contributed by atoms with Crippen LogP contribution in [0.4, 0.5) is 19.0 Å². The number of likely N-dealkylation sites (N-methyl/N-ethyl adjacent to an activating group) is 1. The van der Waals surface area contributed by atoms with E-state index in [9.17, 15) is 13.2 Å². The van der Waals surface area contributed by atoms with E-state index in [1.807, 2.05) is 18.2 Å². The molecule has 40 heavy (non-hydrogen) atoms. The number of rotatable bonds is 8. The number of hydrogen-bond donors (Lipinski definition) is 2. The van der Waals surface area contributed by atoms with Gasteiger partial charge in [-0.05, 0) is 42.3 Å². The number of H-pyrrole nitrogens is 1. The van der Waals surface area contributed by atoms with Crippen molar-refractivity contribution in [3.05, 3.63) is 76.0 Å². The first-order valence-electron chi connectivity index (χ1n) is 13.4. The predicted octanol–water partition coefficient (Wildman–Crippen LogP) is 4.93. The minimum atomic E-state index is -4.61. The summed E-state index contributed by atoms with van der Waals surface area (Å²) in [6, 6.07) is 8.78. The van der Waals surface area contributed by atoms with Crippen LogP contribution in [-0.2, 0) is 25.7 Å². The predicted molar refractivity (Wildman–Crippen MR) is 150 cm³/mol. The van der Waals surface area contributed by atoms with Gasteiger partial charge in [0.05, 0.1) is 17.6 Å². The lowest BCUT2D eigenvalue weighted by Crippen LogP contribution is -2.50. The molecule has 0 bridgehead atoms. The number of aromatic nitrogens is 4. The van der Waals surface area contributed by atoms with Crippen LogP contribution in [-0.4, -0.2) is 59.2 Å². The first kappa shape index (κ1) is 27.4. The van der Waals surface area contributed by atoms with Gasteiger partial charge in [-0.1, -0.05) is 23.2 Å². The molecule has 12 heteroatoms. The van der Waals surface area contributed by atoms with Crippen LogP contribution in [0.3, 0.4) is 0 Å². The number of hydrogen-bond acceptors (Lipinski definition) is 4.